The molecule has 0 aliphatic rings. The molecule has 0 aliphatic heterocycles. The van der Waals surface area contributed by atoms with Crippen molar-refractivity contribution in [2.24, 2.45) is 0 Å². The third kappa shape index (κ3) is 1.62. The summed E-state index contributed by atoms with van der Waals surface area (Å²) in [6.07, 6.45) is 3.15. The van der Waals surface area contributed by atoms with Crippen LogP contribution in [0.4, 0.5) is 5.95 Å². The van der Waals surface area contributed by atoms with Crippen molar-refractivity contribution < 1.29 is 0 Å². The van der Waals surface area contributed by atoms with Crippen molar-refractivity contribution in [2.45, 2.75) is 6.54 Å². The lowest BCUT2D eigenvalue weighted by Crippen LogP contribution is -2.06. The van der Waals surface area contributed by atoms with Gasteiger partial charge in [0.15, 0.2) is 4.77 Å². The van der Waals surface area contributed by atoms with Crippen molar-refractivity contribution in [3.63, 3.8) is 0 Å². The molecule has 72 valence electrons. The van der Waals surface area contributed by atoms with Crippen LogP contribution in [-0.2, 0) is 6.54 Å². The molecule has 0 spiro atoms. The first-order valence-electron chi connectivity index (χ1n) is 3.93. The smallest absolute Gasteiger partial charge is 0.220 e. The fourth-order valence-corrected chi connectivity index (χ4v) is 1.26. The second-order valence-corrected chi connectivity index (χ2v) is 3.06. The van der Waals surface area contributed by atoms with Gasteiger partial charge in [-0.3, -0.25) is 4.57 Å². The number of hydrogen-bond acceptors (Lipinski definition) is 5. The molecule has 0 atom stereocenters. The van der Waals surface area contributed by atoms with Gasteiger partial charge in [-0.15, -0.1) is 5.10 Å². The molecule has 0 amide bonds. The van der Waals surface area contributed by atoms with Crippen molar-refractivity contribution in [3.8, 4) is 0 Å². The van der Waals surface area contributed by atoms with Gasteiger partial charge in [0.05, 0.1) is 12.2 Å². The first kappa shape index (κ1) is 8.82. The summed E-state index contributed by atoms with van der Waals surface area (Å²) in [6, 6.07) is 1.80. The zero-order chi connectivity index (χ0) is 9.97. The topological polar surface area (TPSA) is 85.4 Å². The van der Waals surface area contributed by atoms with E-state index in [9.17, 15) is 0 Å². The highest BCUT2D eigenvalue weighted by Gasteiger charge is 2.02. The lowest BCUT2D eigenvalue weighted by molar-refractivity contribution is 0.766. The van der Waals surface area contributed by atoms with Crippen LogP contribution in [0.2, 0.25) is 0 Å². The van der Waals surface area contributed by atoms with Crippen LogP contribution in [0.1, 0.15) is 5.69 Å². The fraction of sp³-hybridized carbons (Fsp3) is 0.143. The summed E-state index contributed by atoms with van der Waals surface area (Å²) in [5.74, 6) is 0.355. The average molecular weight is 208 g/mol. The Labute approximate surface area is 84.8 Å². The molecule has 2 aromatic rings. The predicted octanol–water partition coefficient (Wildman–Crippen LogP) is 0.361. The van der Waals surface area contributed by atoms with E-state index in [1.807, 2.05) is 0 Å². The van der Waals surface area contributed by atoms with Crippen LogP contribution in [0.5, 0.6) is 0 Å². The van der Waals surface area contributed by atoms with Gasteiger partial charge in [-0.2, -0.15) is 0 Å². The highest BCUT2D eigenvalue weighted by molar-refractivity contribution is 7.71. The number of nitrogens with one attached hydrogen (secondary N) is 1. The Kier molecular flexibility index (Phi) is 2.23. The van der Waals surface area contributed by atoms with Crippen molar-refractivity contribution in [1.82, 2.24) is 24.7 Å². The SMILES string of the molecule is Nc1n[nH]c(=S)n1Cc1ccncn1. The number of nitrogens with zero attached hydrogens (tertiary/aromatic N) is 4. The fourth-order valence-electron chi connectivity index (χ4n) is 1.06. The molecular formula is C7H8N6S. The molecule has 2 heterocycles. The number of hydrogen-bond donors (Lipinski definition) is 2. The van der Waals surface area contributed by atoms with Crippen LogP contribution < -0.4 is 5.73 Å². The van der Waals surface area contributed by atoms with Crippen molar-refractivity contribution in [1.29, 1.82) is 0 Å². The van der Waals surface area contributed by atoms with Gasteiger partial charge in [0.25, 0.3) is 0 Å². The van der Waals surface area contributed by atoms with E-state index in [-0.39, 0.29) is 0 Å². The van der Waals surface area contributed by atoms with Crippen LogP contribution in [0.3, 0.4) is 0 Å². The maximum absolute atomic E-state index is 5.60. The van der Waals surface area contributed by atoms with Gasteiger partial charge in [0.1, 0.15) is 6.33 Å². The van der Waals surface area contributed by atoms with Gasteiger partial charge in [-0.25, -0.2) is 15.1 Å². The number of H-pyrrole nitrogens is 1. The number of nitrogen functional groups attached to an aromatic ring is 1. The molecule has 0 fully saturated rings. The molecule has 0 saturated carbocycles. The predicted molar refractivity (Wildman–Crippen MR) is 53.0 cm³/mol. The van der Waals surface area contributed by atoms with E-state index in [0.717, 1.165) is 5.69 Å². The largest absolute Gasteiger partial charge is 0.368 e. The molecule has 0 saturated heterocycles. The first-order chi connectivity index (χ1) is 6.77. The highest BCUT2D eigenvalue weighted by atomic mass is 32.1. The number of aromatic nitrogens is 5. The zero-order valence-electron chi connectivity index (χ0n) is 7.21. The summed E-state index contributed by atoms with van der Waals surface area (Å²) in [4.78, 5) is 7.88. The monoisotopic (exact) mass is 208 g/mol. The normalized spacial score (nSPS) is 10.3. The molecule has 2 aromatic heterocycles. The van der Waals surface area contributed by atoms with Gasteiger partial charge in [-0.1, -0.05) is 0 Å². The Morgan fingerprint density at radius 1 is 1.57 bits per heavy atom. The second-order valence-electron chi connectivity index (χ2n) is 2.67. The molecule has 0 bridgehead atoms. The molecule has 0 aromatic carbocycles. The Morgan fingerprint density at radius 3 is 3.00 bits per heavy atom. The van der Waals surface area contributed by atoms with Crippen LogP contribution in [0, 0.1) is 4.77 Å². The number of nitrogens with two attached hydrogens (primary N) is 1. The lowest BCUT2D eigenvalue weighted by Gasteiger charge is -2.01. The molecule has 2 rings (SSSR count). The van der Waals surface area contributed by atoms with Crippen LogP contribution >= 0.6 is 12.2 Å². The van der Waals surface area contributed by atoms with Gasteiger partial charge in [-0.05, 0) is 18.3 Å². The van der Waals surface area contributed by atoms with Crippen LogP contribution in [-0.4, -0.2) is 24.7 Å². The minimum Gasteiger partial charge on any atom is -0.368 e. The van der Waals surface area contributed by atoms with Gasteiger partial charge in [0.2, 0.25) is 5.95 Å². The van der Waals surface area contributed by atoms with Crippen molar-refractivity contribution >= 4 is 18.2 Å². The first-order valence-corrected chi connectivity index (χ1v) is 4.34. The van der Waals surface area contributed by atoms with Gasteiger partial charge < -0.3 is 5.73 Å². The summed E-state index contributed by atoms with van der Waals surface area (Å²) in [5, 5.41) is 6.40. The minimum absolute atomic E-state index is 0.355. The molecule has 7 heteroatoms. The van der Waals surface area contributed by atoms with E-state index in [1.54, 1.807) is 16.8 Å². The maximum atomic E-state index is 5.60. The molecule has 6 nitrogen and oxygen atoms in total. The van der Waals surface area contributed by atoms with E-state index >= 15 is 0 Å². The van der Waals surface area contributed by atoms with E-state index in [1.165, 1.54) is 6.33 Å². The Hall–Kier alpha value is -1.76. The average Bonchev–Trinajstić information content (AvgIpc) is 2.51. The van der Waals surface area contributed by atoms with Crippen LogP contribution in [0.25, 0.3) is 0 Å². The molecule has 14 heavy (non-hydrogen) atoms. The van der Waals surface area contributed by atoms with E-state index in [4.69, 9.17) is 18.0 Å². The van der Waals surface area contributed by atoms with Crippen LogP contribution in [0.15, 0.2) is 18.6 Å². The molecule has 0 unspecified atom stereocenters. The zero-order valence-corrected chi connectivity index (χ0v) is 8.03. The standard InChI is InChI=1S/C7H8N6S/c8-6-11-12-7(14)13(6)3-5-1-2-9-4-10-5/h1-2,4H,3H2,(H2,8,11)(H,12,14). The van der Waals surface area contributed by atoms with E-state index in [2.05, 4.69) is 20.2 Å². The number of anilines is 1. The molecule has 0 aliphatic carbocycles. The maximum Gasteiger partial charge on any atom is 0.220 e. The summed E-state index contributed by atoms with van der Waals surface area (Å²) < 4.78 is 2.15. The van der Waals surface area contributed by atoms with E-state index in [0.29, 0.717) is 17.3 Å². The lowest BCUT2D eigenvalue weighted by atomic mass is 10.4. The third-order valence-corrected chi connectivity index (χ3v) is 2.06. The number of aromatic amines is 1. The Bertz CT molecular complexity index is 472. The van der Waals surface area contributed by atoms with Crippen molar-refractivity contribution in [2.75, 3.05) is 5.73 Å². The Morgan fingerprint density at radius 2 is 2.43 bits per heavy atom. The quantitative estimate of drug-likeness (QED) is 0.696. The molecule has 0 radical (unpaired) electrons. The second kappa shape index (κ2) is 3.54. The summed E-state index contributed by atoms with van der Waals surface area (Å²) in [6.45, 7) is 0.504. The van der Waals surface area contributed by atoms with E-state index < -0.39 is 0 Å². The van der Waals surface area contributed by atoms with Gasteiger partial charge in [0, 0.05) is 6.20 Å². The number of rotatable bonds is 2. The summed E-state index contributed by atoms with van der Waals surface area (Å²) >= 11 is 4.99. The summed E-state index contributed by atoms with van der Waals surface area (Å²) in [5.41, 5.74) is 6.44. The van der Waals surface area contributed by atoms with Crippen molar-refractivity contribution in [3.05, 3.63) is 29.1 Å². The highest BCUT2D eigenvalue weighted by Crippen LogP contribution is 2.03. The summed E-state index contributed by atoms with van der Waals surface area (Å²) in [7, 11) is 0. The Balaban J connectivity index is 2.32. The minimum atomic E-state index is 0.355. The molecular weight excluding hydrogens is 200 g/mol. The third-order valence-electron chi connectivity index (χ3n) is 1.75. The van der Waals surface area contributed by atoms with Gasteiger partial charge >= 0.3 is 0 Å². The molecule has 3 N–H and O–H groups in total.